The van der Waals surface area contributed by atoms with Crippen molar-refractivity contribution in [1.82, 2.24) is 10.6 Å². The highest BCUT2D eigenvalue weighted by Crippen LogP contribution is 2.08. The van der Waals surface area contributed by atoms with Crippen molar-refractivity contribution < 1.29 is 14.3 Å². The molecule has 17 heavy (non-hydrogen) atoms. The standard InChI is InChI=1S/C8H8O3.C4H10N2/c1-10-8(9)11-7-5-3-2-4-6-7;1-2-6-4-3-5-1/h2-6H,1H3;5-6H,1-4H2. The van der Waals surface area contributed by atoms with Gasteiger partial charge in [0.1, 0.15) is 5.75 Å². The summed E-state index contributed by atoms with van der Waals surface area (Å²) < 4.78 is 9.00. The summed E-state index contributed by atoms with van der Waals surface area (Å²) in [7, 11) is 1.27. The van der Waals surface area contributed by atoms with Gasteiger partial charge in [-0.25, -0.2) is 4.79 Å². The Kier molecular flexibility index (Phi) is 6.78. The highest BCUT2D eigenvalue weighted by atomic mass is 16.7. The summed E-state index contributed by atoms with van der Waals surface area (Å²) in [5.41, 5.74) is 0. The van der Waals surface area contributed by atoms with Crippen molar-refractivity contribution in [2.75, 3.05) is 33.3 Å². The number of benzene rings is 1. The van der Waals surface area contributed by atoms with Crippen LogP contribution < -0.4 is 15.4 Å². The highest BCUT2D eigenvalue weighted by Gasteiger charge is 2.00. The summed E-state index contributed by atoms with van der Waals surface area (Å²) in [6.07, 6.45) is -0.698. The zero-order chi connectivity index (χ0) is 12.3. The van der Waals surface area contributed by atoms with E-state index in [2.05, 4.69) is 15.4 Å². The molecule has 1 saturated heterocycles. The van der Waals surface area contributed by atoms with Gasteiger partial charge >= 0.3 is 6.16 Å². The number of methoxy groups -OCH3 is 1. The topological polar surface area (TPSA) is 59.6 Å². The van der Waals surface area contributed by atoms with Gasteiger partial charge in [-0.3, -0.25) is 0 Å². The molecule has 5 nitrogen and oxygen atoms in total. The van der Waals surface area contributed by atoms with Crippen LogP contribution in [0.3, 0.4) is 0 Å². The number of carbonyl (C=O) groups is 1. The largest absolute Gasteiger partial charge is 0.513 e. The molecule has 94 valence electrons. The molecule has 0 unspecified atom stereocenters. The zero-order valence-corrected chi connectivity index (χ0v) is 9.94. The first-order valence-corrected chi connectivity index (χ1v) is 5.55. The van der Waals surface area contributed by atoms with E-state index in [0.29, 0.717) is 5.75 Å². The maximum atomic E-state index is 10.5. The van der Waals surface area contributed by atoms with Crippen molar-refractivity contribution in [2.45, 2.75) is 0 Å². The van der Waals surface area contributed by atoms with Crippen LogP contribution >= 0.6 is 0 Å². The van der Waals surface area contributed by atoms with Gasteiger partial charge in [0.25, 0.3) is 0 Å². The van der Waals surface area contributed by atoms with Gasteiger partial charge in [-0.1, -0.05) is 18.2 Å². The van der Waals surface area contributed by atoms with Crippen LogP contribution in [0, 0.1) is 0 Å². The molecule has 0 amide bonds. The Balaban J connectivity index is 0.000000202. The molecule has 0 spiro atoms. The lowest BCUT2D eigenvalue weighted by molar-refractivity contribution is 0.121. The third kappa shape index (κ3) is 6.55. The maximum absolute atomic E-state index is 10.5. The van der Waals surface area contributed by atoms with Crippen molar-refractivity contribution >= 4 is 6.16 Å². The molecule has 5 heteroatoms. The van der Waals surface area contributed by atoms with Crippen LogP contribution in [0.4, 0.5) is 4.79 Å². The molecule has 0 aromatic heterocycles. The van der Waals surface area contributed by atoms with E-state index in [-0.39, 0.29) is 0 Å². The smallest absolute Gasteiger partial charge is 0.437 e. The van der Waals surface area contributed by atoms with E-state index in [9.17, 15) is 4.79 Å². The Morgan fingerprint density at radius 1 is 1.06 bits per heavy atom. The number of ether oxygens (including phenoxy) is 2. The van der Waals surface area contributed by atoms with Crippen molar-refractivity contribution in [3.05, 3.63) is 30.3 Å². The van der Waals surface area contributed by atoms with E-state index in [4.69, 9.17) is 4.74 Å². The third-order valence-electron chi connectivity index (χ3n) is 2.07. The number of rotatable bonds is 1. The molecule has 0 saturated carbocycles. The summed E-state index contributed by atoms with van der Waals surface area (Å²) in [6.45, 7) is 4.56. The van der Waals surface area contributed by atoms with Crippen molar-refractivity contribution in [2.24, 2.45) is 0 Å². The molecule has 0 atom stereocenters. The van der Waals surface area contributed by atoms with E-state index in [1.807, 2.05) is 6.07 Å². The molecule has 0 aliphatic carbocycles. The van der Waals surface area contributed by atoms with Crippen molar-refractivity contribution in [3.63, 3.8) is 0 Å². The molecule has 1 heterocycles. The van der Waals surface area contributed by atoms with Crippen LogP contribution in [0.5, 0.6) is 5.75 Å². The fraction of sp³-hybridized carbons (Fsp3) is 0.417. The molecule has 2 N–H and O–H groups in total. The quantitative estimate of drug-likeness (QED) is 0.565. The minimum absolute atomic E-state index is 0.486. The highest BCUT2D eigenvalue weighted by molar-refractivity contribution is 5.63. The molecular formula is C12H18N2O3. The number of hydrogen-bond donors (Lipinski definition) is 2. The molecule has 0 bridgehead atoms. The summed E-state index contributed by atoms with van der Waals surface area (Å²) in [5, 5.41) is 6.44. The van der Waals surface area contributed by atoms with Crippen molar-refractivity contribution in [3.8, 4) is 5.75 Å². The lowest BCUT2D eigenvalue weighted by atomic mass is 10.3. The van der Waals surface area contributed by atoms with Gasteiger partial charge in [0.2, 0.25) is 0 Å². The first-order chi connectivity index (χ1) is 8.33. The summed E-state index contributed by atoms with van der Waals surface area (Å²) in [4.78, 5) is 10.5. The van der Waals surface area contributed by atoms with Gasteiger partial charge in [0.05, 0.1) is 7.11 Å². The predicted molar refractivity (Wildman–Crippen MR) is 65.2 cm³/mol. The molecule has 2 rings (SSSR count). The van der Waals surface area contributed by atoms with Gasteiger partial charge < -0.3 is 20.1 Å². The van der Waals surface area contributed by atoms with Crippen LogP contribution in [-0.2, 0) is 4.74 Å². The van der Waals surface area contributed by atoms with E-state index < -0.39 is 6.16 Å². The van der Waals surface area contributed by atoms with Gasteiger partial charge in [0, 0.05) is 26.2 Å². The first-order valence-electron chi connectivity index (χ1n) is 5.55. The number of piperazine rings is 1. The molecule has 1 aromatic rings. The van der Waals surface area contributed by atoms with Gasteiger partial charge in [-0.15, -0.1) is 0 Å². The molecular weight excluding hydrogens is 220 g/mol. The van der Waals surface area contributed by atoms with E-state index >= 15 is 0 Å². The van der Waals surface area contributed by atoms with Gasteiger partial charge in [0.15, 0.2) is 0 Å². The van der Waals surface area contributed by atoms with Crippen LogP contribution in [0.1, 0.15) is 0 Å². The van der Waals surface area contributed by atoms with Crippen LogP contribution in [0.2, 0.25) is 0 Å². The second-order valence-electron chi connectivity index (χ2n) is 3.37. The summed E-state index contributed by atoms with van der Waals surface area (Å²) in [5.74, 6) is 0.486. The Morgan fingerprint density at radius 3 is 2.00 bits per heavy atom. The number of nitrogens with one attached hydrogen (secondary N) is 2. The van der Waals surface area contributed by atoms with Gasteiger partial charge in [-0.05, 0) is 12.1 Å². The lowest BCUT2D eigenvalue weighted by Crippen LogP contribution is -2.39. The normalized spacial score (nSPS) is 14.2. The van der Waals surface area contributed by atoms with Gasteiger partial charge in [-0.2, -0.15) is 0 Å². The second-order valence-corrected chi connectivity index (χ2v) is 3.37. The molecule has 0 radical (unpaired) electrons. The molecule has 1 fully saturated rings. The van der Waals surface area contributed by atoms with E-state index in [1.165, 1.54) is 7.11 Å². The molecule has 1 aromatic carbocycles. The van der Waals surface area contributed by atoms with Crippen molar-refractivity contribution in [1.29, 1.82) is 0 Å². The van der Waals surface area contributed by atoms with E-state index in [1.54, 1.807) is 24.3 Å². The fourth-order valence-electron chi connectivity index (χ4n) is 1.23. The third-order valence-corrected chi connectivity index (χ3v) is 2.07. The minimum Gasteiger partial charge on any atom is -0.437 e. The SMILES string of the molecule is C1CNCCN1.COC(=O)Oc1ccccc1. The van der Waals surface area contributed by atoms with Crippen LogP contribution in [-0.4, -0.2) is 39.4 Å². The molecule has 1 aliphatic rings. The predicted octanol–water partition coefficient (Wildman–Crippen LogP) is 1.01. The lowest BCUT2D eigenvalue weighted by Gasteiger charge is -2.11. The van der Waals surface area contributed by atoms with Crippen LogP contribution in [0.15, 0.2) is 30.3 Å². The Morgan fingerprint density at radius 2 is 1.59 bits per heavy atom. The van der Waals surface area contributed by atoms with E-state index in [0.717, 1.165) is 26.2 Å². The summed E-state index contributed by atoms with van der Waals surface area (Å²) >= 11 is 0. The first kappa shape index (κ1) is 13.5. The minimum atomic E-state index is -0.698. The zero-order valence-electron chi connectivity index (χ0n) is 9.94. The maximum Gasteiger partial charge on any atom is 0.513 e. The Hall–Kier alpha value is -1.59. The van der Waals surface area contributed by atoms with Crippen LogP contribution in [0.25, 0.3) is 0 Å². The average Bonchev–Trinajstić information content (AvgIpc) is 2.42. The summed E-state index contributed by atoms with van der Waals surface area (Å²) in [6, 6.07) is 8.74. The molecule has 1 aliphatic heterocycles. The second kappa shape index (κ2) is 8.55. The number of carbonyl (C=O) groups excluding carboxylic acids is 1. The number of hydrogen-bond acceptors (Lipinski definition) is 5. The fourth-order valence-corrected chi connectivity index (χ4v) is 1.23. The Labute approximate surface area is 101 Å². The number of para-hydroxylation sites is 1. The average molecular weight is 238 g/mol. The monoisotopic (exact) mass is 238 g/mol. The Bertz CT molecular complexity index is 301.